The number of halogens is 2. The molecular weight excluding hydrogens is 356 g/mol. The van der Waals surface area contributed by atoms with Gasteiger partial charge in [0.25, 0.3) is 0 Å². The van der Waals surface area contributed by atoms with Crippen LogP contribution in [-0.2, 0) is 5.41 Å². The highest BCUT2D eigenvalue weighted by Gasteiger charge is 2.34. The summed E-state index contributed by atoms with van der Waals surface area (Å²) in [6, 6.07) is 12.4. The van der Waals surface area contributed by atoms with Crippen LogP contribution in [0.25, 0.3) is 0 Å². The third-order valence-electron chi connectivity index (χ3n) is 3.45. The topological polar surface area (TPSA) is 9.23 Å². The van der Waals surface area contributed by atoms with E-state index in [9.17, 15) is 0 Å². The molecule has 0 radical (unpaired) electrons. The van der Waals surface area contributed by atoms with Crippen molar-refractivity contribution in [3.05, 3.63) is 56.5 Å². The van der Waals surface area contributed by atoms with Crippen LogP contribution in [0.5, 0.6) is 11.5 Å². The first-order valence-corrected chi connectivity index (χ1v) is 7.35. The smallest absolute Gasteiger partial charge is 0.132 e. The summed E-state index contributed by atoms with van der Waals surface area (Å²) in [5.41, 5.74) is 2.39. The van der Waals surface area contributed by atoms with Gasteiger partial charge in [-0.15, -0.1) is 0 Å². The Kier molecular flexibility index (Phi) is 2.79. The molecule has 0 unspecified atom stereocenters. The Balaban J connectivity index is 2.26. The minimum Gasteiger partial charge on any atom is -0.457 e. The lowest BCUT2D eigenvalue weighted by atomic mass is 9.76. The van der Waals surface area contributed by atoms with Crippen LogP contribution in [0.3, 0.4) is 0 Å². The van der Waals surface area contributed by atoms with Gasteiger partial charge in [0, 0.05) is 25.5 Å². The first kappa shape index (κ1) is 12.2. The maximum Gasteiger partial charge on any atom is 0.132 e. The summed E-state index contributed by atoms with van der Waals surface area (Å²) >= 11 is 7.02. The molecule has 3 rings (SSSR count). The van der Waals surface area contributed by atoms with Gasteiger partial charge in [-0.3, -0.25) is 0 Å². The quantitative estimate of drug-likeness (QED) is 0.585. The lowest BCUT2D eigenvalue weighted by Gasteiger charge is -2.34. The second-order valence-corrected chi connectivity index (χ2v) is 6.84. The van der Waals surface area contributed by atoms with Gasteiger partial charge in [-0.25, -0.2) is 0 Å². The number of fused-ring (bicyclic) bond motifs is 2. The molecule has 0 saturated carbocycles. The van der Waals surface area contributed by atoms with Crippen LogP contribution in [0, 0.1) is 0 Å². The van der Waals surface area contributed by atoms with Gasteiger partial charge in [0.15, 0.2) is 0 Å². The minimum absolute atomic E-state index is 0.0482. The zero-order valence-electron chi connectivity index (χ0n) is 10.1. The van der Waals surface area contributed by atoms with E-state index in [0.717, 1.165) is 20.4 Å². The second kappa shape index (κ2) is 4.10. The molecule has 0 spiro atoms. The van der Waals surface area contributed by atoms with Crippen molar-refractivity contribution in [2.24, 2.45) is 0 Å². The molecule has 0 N–H and O–H groups in total. The SMILES string of the molecule is CC1(C)c2ccc(Br)cc2Oc2ccc(Br)cc21. The van der Waals surface area contributed by atoms with Gasteiger partial charge in [0.2, 0.25) is 0 Å². The van der Waals surface area contributed by atoms with Gasteiger partial charge in [-0.1, -0.05) is 51.8 Å². The predicted octanol–water partition coefficient (Wildman–Crippen LogP) is 5.64. The molecule has 2 aromatic carbocycles. The maximum atomic E-state index is 6.00. The van der Waals surface area contributed by atoms with Crippen LogP contribution < -0.4 is 4.74 Å². The highest BCUT2D eigenvalue weighted by molar-refractivity contribution is 9.10. The van der Waals surface area contributed by atoms with Crippen LogP contribution in [0.1, 0.15) is 25.0 Å². The van der Waals surface area contributed by atoms with Gasteiger partial charge in [-0.2, -0.15) is 0 Å². The van der Waals surface area contributed by atoms with E-state index in [4.69, 9.17) is 4.74 Å². The third kappa shape index (κ3) is 1.81. The van der Waals surface area contributed by atoms with Crippen molar-refractivity contribution >= 4 is 31.9 Å². The molecule has 3 heteroatoms. The van der Waals surface area contributed by atoms with Gasteiger partial charge in [0.05, 0.1) is 0 Å². The Hall–Kier alpha value is -0.800. The average molecular weight is 368 g/mol. The van der Waals surface area contributed by atoms with Gasteiger partial charge in [-0.05, 0) is 30.3 Å². The lowest BCUT2D eigenvalue weighted by Crippen LogP contribution is -2.24. The van der Waals surface area contributed by atoms with E-state index in [1.54, 1.807) is 0 Å². The normalized spacial score (nSPS) is 15.6. The molecule has 0 aliphatic carbocycles. The zero-order valence-corrected chi connectivity index (χ0v) is 13.3. The Morgan fingerprint density at radius 2 is 1.50 bits per heavy atom. The fourth-order valence-corrected chi connectivity index (χ4v) is 3.14. The van der Waals surface area contributed by atoms with Crippen molar-refractivity contribution in [2.45, 2.75) is 19.3 Å². The molecule has 0 saturated heterocycles. The second-order valence-electron chi connectivity index (χ2n) is 5.01. The molecule has 18 heavy (non-hydrogen) atoms. The van der Waals surface area contributed by atoms with Crippen molar-refractivity contribution in [2.75, 3.05) is 0 Å². The van der Waals surface area contributed by atoms with Crippen molar-refractivity contribution < 1.29 is 4.74 Å². The first-order valence-electron chi connectivity index (χ1n) is 5.76. The van der Waals surface area contributed by atoms with Gasteiger partial charge in [0.1, 0.15) is 11.5 Å². The molecular formula is C15H12Br2O. The van der Waals surface area contributed by atoms with Gasteiger partial charge >= 0.3 is 0 Å². The summed E-state index contributed by atoms with van der Waals surface area (Å²) in [4.78, 5) is 0. The van der Waals surface area contributed by atoms with Crippen LogP contribution >= 0.6 is 31.9 Å². The highest BCUT2D eigenvalue weighted by Crippen LogP contribution is 2.48. The number of benzene rings is 2. The molecule has 0 aromatic heterocycles. The molecule has 0 atom stereocenters. The summed E-state index contributed by atoms with van der Waals surface area (Å²) < 4.78 is 8.12. The maximum absolute atomic E-state index is 6.00. The van der Waals surface area contributed by atoms with E-state index in [0.29, 0.717) is 0 Å². The fraction of sp³-hybridized carbons (Fsp3) is 0.200. The number of hydrogen-bond acceptors (Lipinski definition) is 1. The average Bonchev–Trinajstić information content (AvgIpc) is 2.30. The van der Waals surface area contributed by atoms with Crippen molar-refractivity contribution in [3.8, 4) is 11.5 Å². The molecule has 1 aliphatic heterocycles. The molecule has 0 fully saturated rings. The van der Waals surface area contributed by atoms with Crippen LogP contribution in [0.4, 0.5) is 0 Å². The van der Waals surface area contributed by atoms with Gasteiger partial charge < -0.3 is 4.74 Å². The van der Waals surface area contributed by atoms with Crippen LogP contribution in [0.15, 0.2) is 45.3 Å². The van der Waals surface area contributed by atoms with Crippen molar-refractivity contribution in [1.82, 2.24) is 0 Å². The molecule has 1 nitrogen and oxygen atoms in total. The van der Waals surface area contributed by atoms with Crippen LogP contribution in [-0.4, -0.2) is 0 Å². The number of rotatable bonds is 0. The summed E-state index contributed by atoms with van der Waals surface area (Å²) in [5, 5.41) is 0. The summed E-state index contributed by atoms with van der Waals surface area (Å²) in [5.74, 6) is 1.87. The van der Waals surface area contributed by atoms with E-state index in [1.807, 2.05) is 18.2 Å². The molecule has 92 valence electrons. The standard InChI is InChI=1S/C15H12Br2O/c1-15(2)11-5-3-10(17)8-14(11)18-13-6-4-9(16)7-12(13)15/h3-8H,1-2H3. The number of hydrogen-bond donors (Lipinski definition) is 0. The van der Waals surface area contributed by atoms with E-state index >= 15 is 0 Å². The Bertz CT molecular complexity index is 632. The third-order valence-corrected chi connectivity index (χ3v) is 4.44. The van der Waals surface area contributed by atoms with E-state index in [-0.39, 0.29) is 5.41 Å². The molecule has 2 aromatic rings. The molecule has 0 bridgehead atoms. The van der Waals surface area contributed by atoms with Crippen LogP contribution in [0.2, 0.25) is 0 Å². The summed E-state index contributed by atoms with van der Waals surface area (Å²) in [6.07, 6.45) is 0. The predicted molar refractivity (Wildman–Crippen MR) is 80.5 cm³/mol. The monoisotopic (exact) mass is 366 g/mol. The van der Waals surface area contributed by atoms with Crippen molar-refractivity contribution in [1.29, 1.82) is 0 Å². The Labute approximate surface area is 123 Å². The van der Waals surface area contributed by atoms with E-state index in [1.165, 1.54) is 11.1 Å². The Morgan fingerprint density at radius 1 is 0.833 bits per heavy atom. The minimum atomic E-state index is -0.0482. The van der Waals surface area contributed by atoms with E-state index < -0.39 is 0 Å². The molecule has 1 heterocycles. The molecule has 1 aliphatic rings. The van der Waals surface area contributed by atoms with Crippen molar-refractivity contribution in [3.63, 3.8) is 0 Å². The fourth-order valence-electron chi connectivity index (χ4n) is 2.44. The zero-order chi connectivity index (χ0) is 12.9. The largest absolute Gasteiger partial charge is 0.457 e. The van der Waals surface area contributed by atoms with E-state index in [2.05, 4.69) is 63.9 Å². The Morgan fingerprint density at radius 3 is 2.28 bits per heavy atom. The lowest BCUT2D eigenvalue weighted by molar-refractivity contribution is 0.417. The summed E-state index contributed by atoms with van der Waals surface area (Å²) in [6.45, 7) is 4.46. The number of ether oxygens (including phenoxy) is 1. The highest BCUT2D eigenvalue weighted by atomic mass is 79.9. The first-order chi connectivity index (χ1) is 8.48. The summed E-state index contributed by atoms with van der Waals surface area (Å²) in [7, 11) is 0. The molecule has 0 amide bonds.